The van der Waals surface area contributed by atoms with Crippen LogP contribution in [0.5, 0.6) is 5.75 Å². The molecule has 1 N–H and O–H groups in total. The fraction of sp³-hybridized carbons (Fsp3) is 0.0800. The zero-order chi connectivity index (χ0) is 24.9. The molecule has 3 amide bonds. The van der Waals surface area contributed by atoms with Crippen LogP contribution < -0.4 is 10.1 Å². The van der Waals surface area contributed by atoms with E-state index in [1.54, 1.807) is 60.7 Å². The van der Waals surface area contributed by atoms with Gasteiger partial charge in [0.1, 0.15) is 18.9 Å². The van der Waals surface area contributed by atoms with Gasteiger partial charge in [0.15, 0.2) is 0 Å². The Morgan fingerprint density at radius 3 is 2.57 bits per heavy atom. The summed E-state index contributed by atoms with van der Waals surface area (Å²) in [4.78, 5) is 38.7. The summed E-state index contributed by atoms with van der Waals surface area (Å²) in [5.74, 6) is -0.429. The summed E-state index contributed by atoms with van der Waals surface area (Å²) in [5.41, 5.74) is 2.11. The van der Waals surface area contributed by atoms with Gasteiger partial charge in [0.05, 0.1) is 9.93 Å². The number of carbonyl (C=O) groups is 3. The maximum atomic E-state index is 12.8. The number of rotatable bonds is 7. The second-order valence-corrected chi connectivity index (χ2v) is 10.1. The average molecular weight is 592 g/mol. The third-order valence-corrected chi connectivity index (χ3v) is 7.25. The van der Waals surface area contributed by atoms with Gasteiger partial charge in [0, 0.05) is 15.2 Å². The number of amides is 3. The largest absolute Gasteiger partial charge is 0.489 e. The molecule has 0 bridgehead atoms. The quantitative estimate of drug-likeness (QED) is 0.299. The molecule has 0 unspecified atom stereocenters. The molecule has 6 nitrogen and oxygen atoms in total. The van der Waals surface area contributed by atoms with Crippen molar-refractivity contribution in [1.29, 1.82) is 0 Å². The molecule has 1 fully saturated rings. The van der Waals surface area contributed by atoms with Gasteiger partial charge in [0.2, 0.25) is 5.91 Å². The maximum absolute atomic E-state index is 12.8. The van der Waals surface area contributed by atoms with Crippen molar-refractivity contribution in [2.75, 3.05) is 11.9 Å². The van der Waals surface area contributed by atoms with Crippen molar-refractivity contribution in [2.24, 2.45) is 0 Å². The van der Waals surface area contributed by atoms with E-state index in [0.29, 0.717) is 38.1 Å². The van der Waals surface area contributed by atoms with Crippen LogP contribution in [0.25, 0.3) is 6.08 Å². The average Bonchev–Trinajstić information content (AvgIpc) is 3.08. The van der Waals surface area contributed by atoms with Crippen molar-refractivity contribution in [3.8, 4) is 5.75 Å². The van der Waals surface area contributed by atoms with Crippen molar-refractivity contribution < 1.29 is 19.1 Å². The SMILES string of the molecule is O=C(CN1C(=O)S/C(=C/c2cccc(OCc3ccc(Cl)cc3)c2)C1=O)Nc1ccc(Br)c(Cl)c1. The number of hydrogen-bond acceptors (Lipinski definition) is 5. The normalized spacial score (nSPS) is 14.5. The Labute approximate surface area is 224 Å². The Hall–Kier alpha value is -2.78. The first kappa shape index (κ1) is 25.3. The molecule has 178 valence electrons. The lowest BCUT2D eigenvalue weighted by Gasteiger charge is -2.12. The minimum Gasteiger partial charge on any atom is -0.489 e. The highest BCUT2D eigenvalue weighted by atomic mass is 79.9. The number of benzene rings is 3. The molecular weight excluding hydrogens is 575 g/mol. The van der Waals surface area contributed by atoms with E-state index in [-0.39, 0.29) is 4.91 Å². The maximum Gasteiger partial charge on any atom is 0.294 e. The van der Waals surface area contributed by atoms with Crippen LogP contribution in [0.15, 0.2) is 76.1 Å². The molecule has 1 heterocycles. The summed E-state index contributed by atoms with van der Waals surface area (Å²) in [6.07, 6.45) is 1.60. The second-order valence-electron chi connectivity index (χ2n) is 7.43. The monoisotopic (exact) mass is 590 g/mol. The molecule has 0 saturated carbocycles. The first-order chi connectivity index (χ1) is 16.8. The number of thioether (sulfide) groups is 1. The van der Waals surface area contributed by atoms with Crippen LogP contribution in [0.4, 0.5) is 10.5 Å². The molecule has 3 aromatic carbocycles. The molecule has 0 radical (unpaired) electrons. The van der Waals surface area contributed by atoms with Crippen molar-refractivity contribution >= 4 is 79.7 Å². The lowest BCUT2D eigenvalue weighted by molar-refractivity contribution is -0.127. The predicted molar refractivity (Wildman–Crippen MR) is 143 cm³/mol. The van der Waals surface area contributed by atoms with E-state index >= 15 is 0 Å². The number of nitrogens with zero attached hydrogens (tertiary/aromatic N) is 1. The molecule has 0 aromatic heterocycles. The van der Waals surface area contributed by atoms with Crippen LogP contribution in [0.2, 0.25) is 10.0 Å². The fourth-order valence-corrected chi connectivity index (χ4v) is 4.54. The third-order valence-electron chi connectivity index (χ3n) is 4.85. The summed E-state index contributed by atoms with van der Waals surface area (Å²) < 4.78 is 6.51. The molecule has 10 heteroatoms. The van der Waals surface area contributed by atoms with Crippen LogP contribution >= 0.6 is 50.9 Å². The number of halogens is 3. The molecule has 1 aliphatic rings. The molecule has 1 aliphatic heterocycles. The van der Waals surface area contributed by atoms with Gasteiger partial charge in [-0.25, -0.2) is 0 Å². The predicted octanol–water partition coefficient (Wildman–Crippen LogP) is 7.01. The zero-order valence-electron chi connectivity index (χ0n) is 18.0. The van der Waals surface area contributed by atoms with Gasteiger partial charge in [-0.15, -0.1) is 0 Å². The van der Waals surface area contributed by atoms with E-state index in [2.05, 4.69) is 21.2 Å². The molecule has 4 rings (SSSR count). The molecule has 3 aromatic rings. The first-order valence-electron chi connectivity index (χ1n) is 10.3. The minimum atomic E-state index is -0.531. The Kier molecular flexibility index (Phi) is 8.18. The highest BCUT2D eigenvalue weighted by molar-refractivity contribution is 9.10. The Morgan fingerprint density at radius 2 is 1.83 bits per heavy atom. The lowest BCUT2D eigenvalue weighted by Crippen LogP contribution is -2.36. The smallest absolute Gasteiger partial charge is 0.294 e. The Balaban J connectivity index is 1.39. The van der Waals surface area contributed by atoms with Crippen molar-refractivity contribution in [1.82, 2.24) is 4.90 Å². The number of imide groups is 1. The Bertz CT molecular complexity index is 1330. The third kappa shape index (κ3) is 6.67. The zero-order valence-corrected chi connectivity index (χ0v) is 21.9. The summed E-state index contributed by atoms with van der Waals surface area (Å²) in [6, 6.07) is 19.4. The molecule has 0 spiro atoms. The highest BCUT2D eigenvalue weighted by Crippen LogP contribution is 2.33. The number of nitrogens with one attached hydrogen (secondary N) is 1. The topological polar surface area (TPSA) is 75.7 Å². The van der Waals surface area contributed by atoms with Gasteiger partial charge >= 0.3 is 0 Å². The molecule has 0 aliphatic carbocycles. The van der Waals surface area contributed by atoms with Crippen LogP contribution in [-0.2, 0) is 16.2 Å². The van der Waals surface area contributed by atoms with Gasteiger partial charge in [-0.2, -0.15) is 0 Å². The van der Waals surface area contributed by atoms with Gasteiger partial charge in [-0.05, 0) is 87.4 Å². The summed E-state index contributed by atoms with van der Waals surface area (Å²) in [5, 5.41) is 3.20. The van der Waals surface area contributed by atoms with Crippen molar-refractivity contribution in [2.45, 2.75) is 6.61 Å². The standard InChI is InChI=1S/C25H17BrCl2N2O4S/c26-20-9-8-18(12-21(20)28)29-23(31)13-30-24(32)22(35-25(30)33)11-16-2-1-3-19(10-16)34-14-15-4-6-17(27)7-5-15/h1-12H,13-14H2,(H,29,31)/b22-11+. The summed E-state index contributed by atoms with van der Waals surface area (Å²) in [7, 11) is 0. The van der Waals surface area contributed by atoms with Crippen LogP contribution in [-0.4, -0.2) is 28.5 Å². The van der Waals surface area contributed by atoms with E-state index in [4.69, 9.17) is 27.9 Å². The van der Waals surface area contributed by atoms with Crippen molar-refractivity contribution in [3.05, 3.63) is 97.3 Å². The van der Waals surface area contributed by atoms with E-state index in [1.807, 2.05) is 12.1 Å². The number of anilines is 1. The van der Waals surface area contributed by atoms with E-state index < -0.39 is 23.6 Å². The van der Waals surface area contributed by atoms with E-state index in [9.17, 15) is 14.4 Å². The summed E-state index contributed by atoms with van der Waals surface area (Å²) >= 11 is 16.0. The van der Waals surface area contributed by atoms with Gasteiger partial charge in [-0.1, -0.05) is 47.5 Å². The van der Waals surface area contributed by atoms with Crippen LogP contribution in [0, 0.1) is 0 Å². The minimum absolute atomic E-state index is 0.226. The summed E-state index contributed by atoms with van der Waals surface area (Å²) in [6.45, 7) is -0.0459. The fourth-order valence-electron chi connectivity index (χ4n) is 3.15. The van der Waals surface area contributed by atoms with Gasteiger partial charge in [0.25, 0.3) is 11.1 Å². The molecular formula is C25H17BrCl2N2O4S. The number of ether oxygens (including phenoxy) is 1. The van der Waals surface area contributed by atoms with Crippen molar-refractivity contribution in [3.63, 3.8) is 0 Å². The lowest BCUT2D eigenvalue weighted by atomic mass is 10.2. The molecule has 1 saturated heterocycles. The molecule has 35 heavy (non-hydrogen) atoms. The van der Waals surface area contributed by atoms with E-state index in [0.717, 1.165) is 22.2 Å². The first-order valence-corrected chi connectivity index (χ1v) is 12.6. The Morgan fingerprint density at radius 1 is 1.06 bits per heavy atom. The van der Waals surface area contributed by atoms with Crippen LogP contribution in [0.3, 0.4) is 0 Å². The van der Waals surface area contributed by atoms with Gasteiger partial charge in [-0.3, -0.25) is 19.3 Å². The van der Waals surface area contributed by atoms with Crippen LogP contribution in [0.1, 0.15) is 11.1 Å². The second kappa shape index (κ2) is 11.3. The number of hydrogen-bond donors (Lipinski definition) is 1. The number of carbonyl (C=O) groups excluding carboxylic acids is 3. The highest BCUT2D eigenvalue weighted by Gasteiger charge is 2.36. The molecule has 0 atom stereocenters. The van der Waals surface area contributed by atoms with E-state index in [1.165, 1.54) is 0 Å². The van der Waals surface area contributed by atoms with Gasteiger partial charge < -0.3 is 10.1 Å².